The molecule has 7 nitrogen and oxygen atoms in total. The molecule has 0 aliphatic carbocycles. The molecule has 0 saturated carbocycles. The highest BCUT2D eigenvalue weighted by atomic mass is 35.5. The molecule has 0 fully saturated rings. The van der Waals surface area contributed by atoms with Crippen molar-refractivity contribution in [2.24, 2.45) is 0 Å². The molecule has 0 amide bonds. The molecule has 0 saturated heterocycles. The van der Waals surface area contributed by atoms with Gasteiger partial charge in [-0.15, -0.1) is 11.3 Å². The third kappa shape index (κ3) is 5.05. The first kappa shape index (κ1) is 26.9. The minimum Gasteiger partial charge on any atom is -0.493 e. The Hall–Kier alpha value is -3.67. The second-order valence-corrected chi connectivity index (χ2v) is 10.2. The molecule has 200 valence electrons. The van der Waals surface area contributed by atoms with Crippen LogP contribution in [0.15, 0.2) is 52.8 Å². The number of carboxylic acids is 1. The first-order valence-corrected chi connectivity index (χ1v) is 12.9. The van der Waals surface area contributed by atoms with Crippen LogP contribution in [-0.2, 0) is 12.6 Å². The number of rotatable bonds is 6. The monoisotopic (exact) mass is 593 g/mol. The van der Waals surface area contributed by atoms with Gasteiger partial charge in [0, 0.05) is 45.4 Å². The lowest BCUT2D eigenvalue weighted by atomic mass is 10.0. The lowest BCUT2D eigenvalue weighted by Crippen LogP contribution is -2.24. The van der Waals surface area contributed by atoms with Crippen LogP contribution in [-0.4, -0.2) is 32.1 Å². The van der Waals surface area contributed by atoms with Crippen LogP contribution >= 0.6 is 34.5 Å². The number of benzene rings is 1. The average Bonchev–Trinajstić information content (AvgIpc) is 3.30. The SMILES string of the molecule is Cc1nc2cc(C(F)(F)F)cc(Cl)n2c(=O)c1CCOc1ccc(Cl)cc1-c1ccnc2c(C(=O)O)csc12. The Morgan fingerprint density at radius 1 is 1.15 bits per heavy atom. The highest BCUT2D eigenvalue weighted by Gasteiger charge is 2.32. The zero-order valence-corrected chi connectivity index (χ0v) is 22.2. The summed E-state index contributed by atoms with van der Waals surface area (Å²) in [5.41, 5.74) is 0.386. The number of hydrogen-bond donors (Lipinski definition) is 1. The highest BCUT2D eigenvalue weighted by Crippen LogP contribution is 2.39. The number of thiophene rings is 1. The van der Waals surface area contributed by atoms with Crippen LogP contribution in [0.4, 0.5) is 13.2 Å². The molecule has 5 rings (SSSR count). The van der Waals surface area contributed by atoms with Crippen molar-refractivity contribution in [2.75, 3.05) is 6.61 Å². The van der Waals surface area contributed by atoms with Gasteiger partial charge in [0.2, 0.25) is 0 Å². The maximum Gasteiger partial charge on any atom is 0.416 e. The number of nitrogens with zero attached hydrogens (tertiary/aromatic N) is 3. The summed E-state index contributed by atoms with van der Waals surface area (Å²) in [6.07, 6.45) is -3.05. The van der Waals surface area contributed by atoms with E-state index in [2.05, 4.69) is 9.97 Å². The molecule has 0 bridgehead atoms. The second kappa shape index (κ2) is 10.1. The quantitative estimate of drug-likeness (QED) is 0.215. The summed E-state index contributed by atoms with van der Waals surface area (Å²) in [5, 5.41) is 11.0. The molecule has 4 aromatic heterocycles. The minimum atomic E-state index is -4.64. The van der Waals surface area contributed by atoms with E-state index in [1.807, 2.05) is 0 Å². The minimum absolute atomic E-state index is 0.0236. The fourth-order valence-electron chi connectivity index (χ4n) is 4.21. The molecule has 13 heteroatoms. The van der Waals surface area contributed by atoms with Crippen LogP contribution < -0.4 is 10.3 Å². The van der Waals surface area contributed by atoms with E-state index in [4.69, 9.17) is 27.9 Å². The van der Waals surface area contributed by atoms with Gasteiger partial charge in [0.05, 0.1) is 28.0 Å². The van der Waals surface area contributed by atoms with E-state index in [1.54, 1.807) is 24.3 Å². The number of halogens is 5. The van der Waals surface area contributed by atoms with Gasteiger partial charge in [-0.25, -0.2) is 9.78 Å². The molecule has 0 spiro atoms. The van der Waals surface area contributed by atoms with Crippen LogP contribution in [0, 0.1) is 6.92 Å². The summed E-state index contributed by atoms with van der Waals surface area (Å²) < 4.78 is 47.1. The Morgan fingerprint density at radius 2 is 1.92 bits per heavy atom. The van der Waals surface area contributed by atoms with Crippen molar-refractivity contribution < 1.29 is 27.8 Å². The normalized spacial score (nSPS) is 11.8. The lowest BCUT2D eigenvalue weighted by molar-refractivity contribution is -0.137. The van der Waals surface area contributed by atoms with Gasteiger partial charge < -0.3 is 9.84 Å². The molecule has 1 N–H and O–H groups in total. The van der Waals surface area contributed by atoms with Gasteiger partial charge in [-0.2, -0.15) is 13.2 Å². The summed E-state index contributed by atoms with van der Waals surface area (Å²) in [4.78, 5) is 33.1. The summed E-state index contributed by atoms with van der Waals surface area (Å²) in [6, 6.07) is 8.15. The molecule has 0 radical (unpaired) electrons. The number of aromatic nitrogens is 3. The first-order valence-electron chi connectivity index (χ1n) is 11.3. The van der Waals surface area contributed by atoms with Crippen molar-refractivity contribution in [2.45, 2.75) is 19.5 Å². The molecule has 0 atom stereocenters. The summed E-state index contributed by atoms with van der Waals surface area (Å²) in [7, 11) is 0. The van der Waals surface area contributed by atoms with Crippen LogP contribution in [0.3, 0.4) is 0 Å². The van der Waals surface area contributed by atoms with Crippen LogP contribution in [0.5, 0.6) is 5.75 Å². The topological polar surface area (TPSA) is 93.8 Å². The average molecular weight is 594 g/mol. The Morgan fingerprint density at radius 3 is 2.64 bits per heavy atom. The number of alkyl halides is 3. The number of fused-ring (bicyclic) bond motifs is 2. The van der Waals surface area contributed by atoms with Gasteiger partial charge in [0.15, 0.2) is 0 Å². The van der Waals surface area contributed by atoms with Gasteiger partial charge in [-0.05, 0) is 43.3 Å². The van der Waals surface area contributed by atoms with Crippen molar-refractivity contribution >= 4 is 56.4 Å². The number of carbonyl (C=O) groups is 1. The molecule has 0 aliphatic heterocycles. The van der Waals surface area contributed by atoms with Crippen LogP contribution in [0.25, 0.3) is 27.0 Å². The number of aryl methyl sites for hydroxylation is 1. The summed E-state index contributed by atoms with van der Waals surface area (Å²) in [6.45, 7) is 1.55. The van der Waals surface area contributed by atoms with E-state index in [9.17, 15) is 27.9 Å². The third-order valence-corrected chi connectivity index (χ3v) is 7.55. The van der Waals surface area contributed by atoms with E-state index in [0.717, 1.165) is 10.5 Å². The number of aromatic carboxylic acids is 1. The second-order valence-electron chi connectivity index (χ2n) is 8.47. The number of hydrogen-bond acceptors (Lipinski definition) is 6. The number of carboxylic acid groups (broad SMARTS) is 1. The van der Waals surface area contributed by atoms with Crippen LogP contribution in [0.2, 0.25) is 10.2 Å². The van der Waals surface area contributed by atoms with Gasteiger partial charge in [0.1, 0.15) is 16.5 Å². The molecule has 39 heavy (non-hydrogen) atoms. The summed E-state index contributed by atoms with van der Waals surface area (Å²) in [5.74, 6) is -0.662. The number of ether oxygens (including phenoxy) is 1. The largest absolute Gasteiger partial charge is 0.493 e. The smallest absolute Gasteiger partial charge is 0.416 e. The maximum atomic E-state index is 13.2. The van der Waals surface area contributed by atoms with E-state index in [-0.39, 0.29) is 35.5 Å². The number of pyridine rings is 2. The van der Waals surface area contributed by atoms with Gasteiger partial charge in [0.25, 0.3) is 5.56 Å². The Balaban J connectivity index is 1.47. The van der Waals surface area contributed by atoms with Gasteiger partial charge in [-0.3, -0.25) is 14.2 Å². The predicted molar refractivity (Wildman–Crippen MR) is 142 cm³/mol. The zero-order valence-electron chi connectivity index (χ0n) is 19.8. The van der Waals surface area contributed by atoms with Gasteiger partial charge >= 0.3 is 12.1 Å². The molecular formula is C26H16Cl2F3N3O4S. The molecule has 4 heterocycles. The lowest BCUT2D eigenvalue weighted by Gasteiger charge is -2.15. The van der Waals surface area contributed by atoms with E-state index in [1.165, 1.54) is 29.8 Å². The van der Waals surface area contributed by atoms with Crippen LogP contribution in [0.1, 0.15) is 27.2 Å². The van der Waals surface area contributed by atoms with Crippen molar-refractivity contribution in [1.29, 1.82) is 0 Å². The van der Waals surface area contributed by atoms with E-state index < -0.39 is 28.4 Å². The van der Waals surface area contributed by atoms with Crippen molar-refractivity contribution in [3.05, 3.63) is 90.9 Å². The van der Waals surface area contributed by atoms with Gasteiger partial charge in [-0.1, -0.05) is 23.2 Å². The van der Waals surface area contributed by atoms with E-state index in [0.29, 0.717) is 38.2 Å². The Labute approximate surface area is 232 Å². The standard InChI is InChI=1S/C26H16Cl2F3N3O4S/c1-12-15(24(35)34-20(28)8-13(26(29,30)31)9-21(34)33-12)5-7-38-19-3-2-14(27)10-17(19)16-4-6-32-22-18(25(36)37)11-39-23(16)22/h2-4,6,8-11H,5,7H2,1H3,(H,36,37). The van der Waals surface area contributed by atoms with Crippen molar-refractivity contribution in [3.8, 4) is 16.9 Å². The highest BCUT2D eigenvalue weighted by molar-refractivity contribution is 7.18. The fourth-order valence-corrected chi connectivity index (χ4v) is 5.69. The maximum absolute atomic E-state index is 13.2. The first-order chi connectivity index (χ1) is 18.5. The molecule has 5 aromatic rings. The molecular weight excluding hydrogens is 578 g/mol. The van der Waals surface area contributed by atoms with E-state index >= 15 is 0 Å². The van der Waals surface area contributed by atoms with Crippen molar-refractivity contribution in [1.82, 2.24) is 14.4 Å². The molecule has 0 unspecified atom stereocenters. The Bertz CT molecular complexity index is 1840. The fraction of sp³-hybridized carbons (Fsp3) is 0.154. The third-order valence-electron chi connectivity index (χ3n) is 6.04. The summed E-state index contributed by atoms with van der Waals surface area (Å²) >= 11 is 13.5. The molecule has 0 aliphatic rings. The zero-order chi connectivity index (χ0) is 28.1. The Kier molecular flexibility index (Phi) is 7.00. The van der Waals surface area contributed by atoms with Crippen molar-refractivity contribution in [3.63, 3.8) is 0 Å². The predicted octanol–water partition coefficient (Wildman–Crippen LogP) is 6.92. The molecule has 1 aromatic carbocycles.